The van der Waals surface area contributed by atoms with E-state index in [0.717, 1.165) is 31.1 Å². The second-order valence-corrected chi connectivity index (χ2v) is 20.3. The Kier molecular flexibility index (Phi) is 11.8. The van der Waals surface area contributed by atoms with E-state index in [1.165, 1.54) is 116 Å². The zero-order valence-corrected chi connectivity index (χ0v) is 33.4. The minimum Gasteiger partial charge on any atom is -0.462 e. The first kappa shape index (κ1) is 38.2. The lowest BCUT2D eigenvalue weighted by molar-refractivity contribution is -0.212. The molecule has 8 atom stereocenters. The topological polar surface area (TPSA) is 26.3 Å². The van der Waals surface area contributed by atoms with Crippen molar-refractivity contribution in [3.63, 3.8) is 0 Å². The highest BCUT2D eigenvalue weighted by Crippen LogP contribution is 2.75. The lowest BCUT2D eigenvalue weighted by Gasteiger charge is -2.71. The van der Waals surface area contributed by atoms with Gasteiger partial charge in [-0.1, -0.05) is 125 Å². The Bertz CT molecular complexity index is 1160. The van der Waals surface area contributed by atoms with E-state index in [1.807, 2.05) is 5.57 Å². The molecule has 0 unspecified atom stereocenters. The predicted octanol–water partition coefficient (Wildman–Crippen LogP) is 14.0. The number of carbonyl (C=O) groups excluding carboxylic acids is 1. The quantitative estimate of drug-likeness (QED) is 0.105. The Morgan fingerprint density at radius 2 is 1.40 bits per heavy atom. The highest BCUT2D eigenvalue weighted by Gasteiger charge is 2.68. The molecule has 0 saturated heterocycles. The maximum absolute atomic E-state index is 13.2. The highest BCUT2D eigenvalue weighted by molar-refractivity contribution is 5.69. The van der Waals surface area contributed by atoms with Gasteiger partial charge in [-0.05, 0) is 141 Å². The number of esters is 1. The average molecular weight is 663 g/mol. The first-order chi connectivity index (χ1) is 22.6. The summed E-state index contributed by atoms with van der Waals surface area (Å²) in [6.07, 6.45) is 35.1. The molecule has 4 saturated carbocycles. The van der Waals surface area contributed by atoms with Crippen LogP contribution in [0.3, 0.4) is 0 Å². The van der Waals surface area contributed by atoms with Gasteiger partial charge in [0.05, 0.1) is 0 Å². The third-order valence-corrected chi connectivity index (χ3v) is 16.4. The molecule has 0 spiro atoms. The van der Waals surface area contributed by atoms with E-state index in [1.54, 1.807) is 0 Å². The van der Waals surface area contributed by atoms with Gasteiger partial charge in [-0.3, -0.25) is 4.79 Å². The van der Waals surface area contributed by atoms with Crippen molar-refractivity contribution in [3.05, 3.63) is 23.8 Å². The van der Waals surface area contributed by atoms with Crippen molar-refractivity contribution in [2.24, 2.45) is 50.2 Å². The summed E-state index contributed by atoms with van der Waals surface area (Å²) in [5.41, 5.74) is 3.85. The van der Waals surface area contributed by atoms with Crippen LogP contribution in [-0.2, 0) is 9.53 Å². The summed E-state index contributed by atoms with van der Waals surface area (Å²) in [4.78, 5) is 13.2. The molecule has 0 N–H and O–H groups in total. The summed E-state index contributed by atoms with van der Waals surface area (Å²) in [5, 5.41) is 0. The van der Waals surface area contributed by atoms with Gasteiger partial charge in [0.15, 0.2) is 0 Å². The molecule has 4 fully saturated rings. The van der Waals surface area contributed by atoms with Crippen molar-refractivity contribution in [3.8, 4) is 0 Å². The smallest absolute Gasteiger partial charge is 0.306 e. The summed E-state index contributed by atoms with van der Waals surface area (Å²) >= 11 is 0. The molecule has 48 heavy (non-hydrogen) atoms. The fourth-order valence-electron chi connectivity index (χ4n) is 12.9. The SMILES string of the molecule is CCCCCC/C=C\CCCCCCCC(=O)O[C@H]1CC[C@]2(C)[C@H]3CC=C4[C@@H]5CC(C)(C)CC[C@]5(C)CC[C@@]4(C)[C@]3(C)CC[C@H]2C1(C)C. The molecular weight excluding hydrogens is 585 g/mol. The maximum atomic E-state index is 13.2. The van der Waals surface area contributed by atoms with Crippen molar-refractivity contribution in [1.29, 1.82) is 0 Å². The fourth-order valence-corrected chi connectivity index (χ4v) is 12.9. The Morgan fingerprint density at radius 3 is 2.10 bits per heavy atom. The number of ether oxygens (including phenoxy) is 1. The summed E-state index contributed by atoms with van der Waals surface area (Å²) in [5.74, 6) is 2.15. The molecular formula is C46H78O2. The molecule has 0 heterocycles. The van der Waals surface area contributed by atoms with Gasteiger partial charge in [-0.2, -0.15) is 0 Å². The molecule has 0 aromatic carbocycles. The Morgan fingerprint density at radius 1 is 0.750 bits per heavy atom. The minimum atomic E-state index is 0.0247. The predicted molar refractivity (Wildman–Crippen MR) is 205 cm³/mol. The molecule has 2 nitrogen and oxygen atoms in total. The molecule has 5 rings (SSSR count). The van der Waals surface area contributed by atoms with Gasteiger partial charge in [-0.25, -0.2) is 0 Å². The number of allylic oxidation sites excluding steroid dienone is 4. The molecule has 0 aromatic rings. The number of fused-ring (bicyclic) bond motifs is 7. The first-order valence-corrected chi connectivity index (χ1v) is 21.2. The molecule has 0 aliphatic heterocycles. The van der Waals surface area contributed by atoms with E-state index < -0.39 is 0 Å². The van der Waals surface area contributed by atoms with Crippen LogP contribution in [-0.4, -0.2) is 12.1 Å². The molecule has 5 aliphatic carbocycles. The third-order valence-electron chi connectivity index (χ3n) is 16.4. The van der Waals surface area contributed by atoms with E-state index in [0.29, 0.717) is 39.4 Å². The van der Waals surface area contributed by atoms with Crippen LogP contribution in [0.25, 0.3) is 0 Å². The van der Waals surface area contributed by atoms with Crippen molar-refractivity contribution in [2.75, 3.05) is 0 Å². The summed E-state index contributed by atoms with van der Waals surface area (Å²) in [7, 11) is 0. The van der Waals surface area contributed by atoms with E-state index in [-0.39, 0.29) is 17.5 Å². The lowest BCUT2D eigenvalue weighted by Crippen LogP contribution is -2.64. The molecule has 0 radical (unpaired) electrons. The molecule has 5 aliphatic rings. The average Bonchev–Trinajstić information content (AvgIpc) is 3.02. The second kappa shape index (κ2) is 14.9. The zero-order valence-electron chi connectivity index (χ0n) is 33.4. The van der Waals surface area contributed by atoms with E-state index in [2.05, 4.69) is 80.5 Å². The van der Waals surface area contributed by atoms with Crippen LogP contribution < -0.4 is 0 Å². The Hall–Kier alpha value is -1.05. The largest absolute Gasteiger partial charge is 0.462 e. The Balaban J connectivity index is 1.13. The van der Waals surface area contributed by atoms with Crippen LogP contribution in [0.1, 0.15) is 204 Å². The van der Waals surface area contributed by atoms with Crippen LogP contribution in [0.5, 0.6) is 0 Å². The van der Waals surface area contributed by atoms with E-state index >= 15 is 0 Å². The number of carbonyl (C=O) groups is 1. The number of hydrogen-bond donors (Lipinski definition) is 0. The van der Waals surface area contributed by atoms with Gasteiger partial charge in [0.25, 0.3) is 0 Å². The first-order valence-electron chi connectivity index (χ1n) is 21.2. The van der Waals surface area contributed by atoms with Crippen molar-refractivity contribution >= 4 is 5.97 Å². The Labute approximate surface area is 298 Å². The number of hydrogen-bond acceptors (Lipinski definition) is 2. The molecule has 274 valence electrons. The van der Waals surface area contributed by atoms with Crippen LogP contribution in [0.15, 0.2) is 23.8 Å². The summed E-state index contributed by atoms with van der Waals surface area (Å²) in [6, 6.07) is 0. The van der Waals surface area contributed by atoms with Gasteiger partial charge in [0, 0.05) is 11.8 Å². The second-order valence-electron chi connectivity index (χ2n) is 20.3. The molecule has 2 heteroatoms. The fraction of sp³-hybridized carbons (Fsp3) is 0.891. The van der Waals surface area contributed by atoms with Gasteiger partial charge in [0.1, 0.15) is 6.10 Å². The maximum Gasteiger partial charge on any atom is 0.306 e. The van der Waals surface area contributed by atoms with E-state index in [9.17, 15) is 4.79 Å². The minimum absolute atomic E-state index is 0.0247. The normalized spacial score (nSPS) is 39.9. The van der Waals surface area contributed by atoms with Gasteiger partial charge < -0.3 is 4.74 Å². The van der Waals surface area contributed by atoms with Gasteiger partial charge >= 0.3 is 5.97 Å². The lowest BCUT2D eigenvalue weighted by atomic mass is 9.33. The monoisotopic (exact) mass is 663 g/mol. The van der Waals surface area contributed by atoms with Crippen molar-refractivity contribution < 1.29 is 9.53 Å². The van der Waals surface area contributed by atoms with Crippen LogP contribution in [0, 0.1) is 50.2 Å². The number of unbranched alkanes of at least 4 members (excludes halogenated alkanes) is 9. The van der Waals surface area contributed by atoms with Crippen LogP contribution >= 0.6 is 0 Å². The van der Waals surface area contributed by atoms with Crippen LogP contribution in [0.2, 0.25) is 0 Å². The third kappa shape index (κ3) is 7.31. The van der Waals surface area contributed by atoms with Crippen molar-refractivity contribution in [2.45, 2.75) is 210 Å². The van der Waals surface area contributed by atoms with Gasteiger partial charge in [0.2, 0.25) is 0 Å². The standard InChI is InChI=1S/C46H78O2/c1-10-11-12-13-14-15-16-17-18-19-20-21-22-23-40(47)48-39-27-28-44(7)37(42(39,4)5)26-29-46(9)38(44)25-24-35-36-34-41(2,3)30-31-43(36,6)32-33-45(35,46)8/h15-16,24,36-39H,10-14,17-23,25-34H2,1-9H3/b16-15-/t36-,37-,38+,39-,43+,44-,45+,46+/m0/s1. The van der Waals surface area contributed by atoms with Crippen molar-refractivity contribution in [1.82, 2.24) is 0 Å². The van der Waals surface area contributed by atoms with Crippen LogP contribution in [0.4, 0.5) is 0 Å². The van der Waals surface area contributed by atoms with Gasteiger partial charge in [-0.15, -0.1) is 0 Å². The molecule has 0 amide bonds. The highest BCUT2D eigenvalue weighted by atomic mass is 16.5. The zero-order chi connectivity index (χ0) is 34.8. The summed E-state index contributed by atoms with van der Waals surface area (Å²) < 4.78 is 6.40. The van der Waals surface area contributed by atoms with E-state index in [4.69, 9.17) is 4.74 Å². The molecule has 0 aromatic heterocycles. The molecule has 0 bridgehead atoms. The number of rotatable bonds is 14. The summed E-state index contributed by atoms with van der Waals surface area (Å²) in [6.45, 7) is 23.0.